The summed E-state index contributed by atoms with van der Waals surface area (Å²) in [6.07, 6.45) is 2.24. The van der Waals surface area contributed by atoms with Gasteiger partial charge in [0.05, 0.1) is 11.8 Å². The molecule has 17 heavy (non-hydrogen) atoms. The van der Waals surface area contributed by atoms with Crippen molar-refractivity contribution in [3.63, 3.8) is 0 Å². The average Bonchev–Trinajstić information content (AvgIpc) is 2.68. The molecule has 2 rings (SSSR count). The maximum absolute atomic E-state index is 9.23. The molecule has 0 aliphatic heterocycles. The number of aliphatic hydroxyl groups is 1. The van der Waals surface area contributed by atoms with Crippen LogP contribution in [0.5, 0.6) is 5.75 Å². The first-order valence-corrected chi connectivity index (χ1v) is 5.53. The molecule has 1 unspecified atom stereocenters. The SMILES string of the molecule is CC(O)Cc1coc(Cc2ccc(O)cc2)n1. The van der Waals surface area contributed by atoms with Crippen LogP contribution in [0.2, 0.25) is 0 Å². The second kappa shape index (κ2) is 5.01. The van der Waals surface area contributed by atoms with Crippen molar-refractivity contribution in [3.05, 3.63) is 47.7 Å². The van der Waals surface area contributed by atoms with Crippen LogP contribution >= 0.6 is 0 Å². The van der Waals surface area contributed by atoms with Crippen molar-refractivity contribution in [3.8, 4) is 5.75 Å². The van der Waals surface area contributed by atoms with Crippen LogP contribution in [-0.4, -0.2) is 21.3 Å². The summed E-state index contributed by atoms with van der Waals surface area (Å²) in [5.41, 5.74) is 1.78. The third kappa shape index (κ3) is 3.32. The molecular weight excluding hydrogens is 218 g/mol. The van der Waals surface area contributed by atoms with Crippen LogP contribution in [0, 0.1) is 0 Å². The summed E-state index contributed by atoms with van der Waals surface area (Å²) in [6.45, 7) is 1.72. The van der Waals surface area contributed by atoms with Gasteiger partial charge in [-0.1, -0.05) is 12.1 Å². The number of hydrogen-bond donors (Lipinski definition) is 2. The molecule has 0 amide bonds. The van der Waals surface area contributed by atoms with Crippen LogP contribution < -0.4 is 0 Å². The Morgan fingerprint density at radius 2 is 2.00 bits per heavy atom. The lowest BCUT2D eigenvalue weighted by Crippen LogP contribution is -2.04. The van der Waals surface area contributed by atoms with Gasteiger partial charge >= 0.3 is 0 Å². The van der Waals surface area contributed by atoms with Gasteiger partial charge in [-0.15, -0.1) is 0 Å². The third-order valence-corrected chi connectivity index (χ3v) is 2.40. The van der Waals surface area contributed by atoms with E-state index in [0.29, 0.717) is 18.7 Å². The van der Waals surface area contributed by atoms with Crippen LogP contribution in [0.25, 0.3) is 0 Å². The van der Waals surface area contributed by atoms with Gasteiger partial charge in [0, 0.05) is 12.8 Å². The Labute approximate surface area is 99.6 Å². The lowest BCUT2D eigenvalue weighted by atomic mass is 10.1. The second-order valence-electron chi connectivity index (χ2n) is 4.13. The van der Waals surface area contributed by atoms with E-state index in [1.54, 1.807) is 25.3 Å². The molecule has 0 saturated heterocycles. The van der Waals surface area contributed by atoms with Crippen LogP contribution in [0.15, 0.2) is 34.9 Å². The fraction of sp³-hybridized carbons (Fsp3) is 0.308. The number of benzene rings is 1. The predicted octanol–water partition coefficient (Wildman–Crippen LogP) is 1.89. The van der Waals surface area contributed by atoms with Crippen LogP contribution in [0.4, 0.5) is 0 Å². The minimum absolute atomic E-state index is 0.246. The first-order valence-electron chi connectivity index (χ1n) is 5.53. The summed E-state index contributed by atoms with van der Waals surface area (Å²) >= 11 is 0. The van der Waals surface area contributed by atoms with Gasteiger partial charge in [-0.25, -0.2) is 4.98 Å². The minimum Gasteiger partial charge on any atom is -0.508 e. The number of phenols is 1. The van der Waals surface area contributed by atoms with E-state index in [4.69, 9.17) is 9.52 Å². The molecule has 0 aliphatic carbocycles. The summed E-state index contributed by atoms with van der Waals surface area (Å²) in [6, 6.07) is 6.92. The molecule has 1 atom stereocenters. The Morgan fingerprint density at radius 1 is 1.29 bits per heavy atom. The quantitative estimate of drug-likeness (QED) is 0.846. The van der Waals surface area contributed by atoms with Crippen molar-refractivity contribution in [2.45, 2.75) is 25.9 Å². The van der Waals surface area contributed by atoms with Crippen molar-refractivity contribution >= 4 is 0 Å². The van der Waals surface area contributed by atoms with Crippen LogP contribution in [-0.2, 0) is 12.8 Å². The number of hydrogen-bond acceptors (Lipinski definition) is 4. The molecule has 0 spiro atoms. The van der Waals surface area contributed by atoms with Gasteiger partial charge in [-0.3, -0.25) is 0 Å². The zero-order chi connectivity index (χ0) is 12.3. The minimum atomic E-state index is -0.415. The summed E-state index contributed by atoms with van der Waals surface area (Å²) in [7, 11) is 0. The van der Waals surface area contributed by atoms with E-state index in [1.807, 2.05) is 12.1 Å². The molecule has 90 valence electrons. The van der Waals surface area contributed by atoms with E-state index in [1.165, 1.54) is 0 Å². The maximum atomic E-state index is 9.23. The van der Waals surface area contributed by atoms with E-state index < -0.39 is 6.10 Å². The van der Waals surface area contributed by atoms with Crippen LogP contribution in [0.1, 0.15) is 24.1 Å². The van der Waals surface area contributed by atoms with Gasteiger partial charge in [-0.2, -0.15) is 0 Å². The lowest BCUT2D eigenvalue weighted by molar-refractivity contribution is 0.194. The van der Waals surface area contributed by atoms with Crippen LogP contribution in [0.3, 0.4) is 0 Å². The van der Waals surface area contributed by atoms with Gasteiger partial charge < -0.3 is 14.6 Å². The van der Waals surface area contributed by atoms with Crippen molar-refractivity contribution in [2.75, 3.05) is 0 Å². The lowest BCUT2D eigenvalue weighted by Gasteiger charge is -1.98. The van der Waals surface area contributed by atoms with Gasteiger partial charge in [0.1, 0.15) is 12.0 Å². The van der Waals surface area contributed by atoms with Gasteiger partial charge in [0.15, 0.2) is 5.89 Å². The smallest absolute Gasteiger partial charge is 0.198 e. The van der Waals surface area contributed by atoms with E-state index in [0.717, 1.165) is 11.3 Å². The Kier molecular flexibility index (Phi) is 3.44. The van der Waals surface area contributed by atoms with E-state index in [-0.39, 0.29) is 5.75 Å². The normalized spacial score (nSPS) is 12.6. The van der Waals surface area contributed by atoms with E-state index >= 15 is 0 Å². The molecule has 4 nitrogen and oxygen atoms in total. The first kappa shape index (κ1) is 11.7. The largest absolute Gasteiger partial charge is 0.508 e. The Hall–Kier alpha value is -1.81. The highest BCUT2D eigenvalue weighted by Gasteiger charge is 2.07. The highest BCUT2D eigenvalue weighted by Crippen LogP contribution is 2.14. The molecule has 0 fully saturated rings. The summed E-state index contributed by atoms with van der Waals surface area (Å²) < 4.78 is 5.31. The molecule has 4 heteroatoms. The Balaban J connectivity index is 2.03. The predicted molar refractivity (Wildman–Crippen MR) is 62.8 cm³/mol. The van der Waals surface area contributed by atoms with Crippen molar-refractivity contribution in [1.29, 1.82) is 0 Å². The molecule has 2 N–H and O–H groups in total. The molecule has 1 heterocycles. The standard InChI is InChI=1S/C13H15NO3/c1-9(15)6-11-8-17-13(14-11)7-10-2-4-12(16)5-3-10/h2-5,8-9,15-16H,6-7H2,1H3. The molecule has 0 bridgehead atoms. The van der Waals surface area contributed by atoms with E-state index in [2.05, 4.69) is 4.98 Å². The first-order chi connectivity index (χ1) is 8.13. The fourth-order valence-corrected chi connectivity index (χ4v) is 1.61. The summed E-state index contributed by atoms with van der Waals surface area (Å²) in [4.78, 5) is 4.28. The monoisotopic (exact) mass is 233 g/mol. The van der Waals surface area contributed by atoms with Crippen molar-refractivity contribution in [2.24, 2.45) is 0 Å². The topological polar surface area (TPSA) is 66.5 Å². The average molecular weight is 233 g/mol. The highest BCUT2D eigenvalue weighted by atomic mass is 16.3. The Bertz CT molecular complexity index is 474. The zero-order valence-electron chi connectivity index (χ0n) is 9.63. The number of oxazole rings is 1. The molecule has 0 radical (unpaired) electrons. The van der Waals surface area contributed by atoms with Gasteiger partial charge in [0.2, 0.25) is 0 Å². The highest BCUT2D eigenvalue weighted by molar-refractivity contribution is 5.27. The molecule has 0 aliphatic rings. The summed E-state index contributed by atoms with van der Waals surface area (Å²) in [5, 5.41) is 18.4. The summed E-state index contributed by atoms with van der Waals surface area (Å²) in [5.74, 6) is 0.863. The molecular formula is C13H15NO3. The number of aliphatic hydroxyl groups excluding tert-OH is 1. The van der Waals surface area contributed by atoms with Gasteiger partial charge in [-0.05, 0) is 24.6 Å². The van der Waals surface area contributed by atoms with Crippen molar-refractivity contribution in [1.82, 2.24) is 4.98 Å². The third-order valence-electron chi connectivity index (χ3n) is 2.40. The zero-order valence-corrected chi connectivity index (χ0v) is 9.63. The van der Waals surface area contributed by atoms with E-state index in [9.17, 15) is 5.11 Å². The number of aromatic nitrogens is 1. The number of rotatable bonds is 4. The Morgan fingerprint density at radius 3 is 2.65 bits per heavy atom. The molecule has 1 aromatic carbocycles. The second-order valence-corrected chi connectivity index (χ2v) is 4.13. The number of phenolic OH excluding ortho intramolecular Hbond substituents is 1. The number of nitrogens with zero attached hydrogens (tertiary/aromatic N) is 1. The molecule has 2 aromatic rings. The number of aromatic hydroxyl groups is 1. The fourth-order valence-electron chi connectivity index (χ4n) is 1.61. The van der Waals surface area contributed by atoms with Gasteiger partial charge in [0.25, 0.3) is 0 Å². The molecule has 0 saturated carbocycles. The van der Waals surface area contributed by atoms with Crippen molar-refractivity contribution < 1.29 is 14.6 Å². The molecule has 1 aromatic heterocycles. The maximum Gasteiger partial charge on any atom is 0.198 e.